The first-order chi connectivity index (χ1) is 32.0. The molecule has 0 fully saturated rings. The summed E-state index contributed by atoms with van der Waals surface area (Å²) in [6.45, 7) is 7.60. The SMILES string of the molecule is C/C=C(\C=C/CN(c1ccc(-c2ccccc2)cc1)c1ccc(-c2cccc(-c3cccc(-n4c5ccccc5c5ccc6c(c54)C(C)(C)c4ccccc4-6)c3)c2)cc1)c1ccccc1. The maximum Gasteiger partial charge on any atom is 0.0588 e. The highest BCUT2D eigenvalue weighted by atomic mass is 15.1. The second-order valence-electron chi connectivity index (χ2n) is 17.6. The number of nitrogens with zero attached hydrogens (tertiary/aromatic N) is 2. The van der Waals surface area contributed by atoms with Crippen molar-refractivity contribution in [2.24, 2.45) is 0 Å². The fraction of sp³-hybridized carbons (Fsp3) is 0.0794. The fourth-order valence-corrected chi connectivity index (χ4v) is 10.2. The zero-order valence-electron chi connectivity index (χ0n) is 37.1. The highest BCUT2D eigenvalue weighted by Gasteiger charge is 2.38. The number of aromatic nitrogens is 1. The second kappa shape index (κ2) is 16.6. The third kappa shape index (κ3) is 7.18. The molecule has 1 aromatic heterocycles. The number of benzene rings is 9. The van der Waals surface area contributed by atoms with E-state index in [1.165, 1.54) is 94.3 Å². The zero-order valence-corrected chi connectivity index (χ0v) is 37.1. The van der Waals surface area contributed by atoms with Gasteiger partial charge in [-0.25, -0.2) is 0 Å². The molecule has 1 aliphatic carbocycles. The van der Waals surface area contributed by atoms with Gasteiger partial charge < -0.3 is 9.47 Å². The van der Waals surface area contributed by atoms with Crippen LogP contribution < -0.4 is 4.90 Å². The smallest absolute Gasteiger partial charge is 0.0588 e. The summed E-state index contributed by atoms with van der Waals surface area (Å²) in [6.07, 6.45) is 6.69. The lowest BCUT2D eigenvalue weighted by molar-refractivity contribution is 0.664. The normalized spacial score (nSPS) is 13.1. The Kier molecular flexibility index (Phi) is 10.2. The number of allylic oxidation sites excluding steroid dienone is 3. The van der Waals surface area contributed by atoms with Crippen molar-refractivity contribution in [2.75, 3.05) is 11.4 Å². The summed E-state index contributed by atoms with van der Waals surface area (Å²) in [5.74, 6) is 0. The van der Waals surface area contributed by atoms with Gasteiger partial charge in [-0.2, -0.15) is 0 Å². The van der Waals surface area contributed by atoms with Gasteiger partial charge in [0.05, 0.1) is 11.0 Å². The van der Waals surface area contributed by atoms with E-state index >= 15 is 0 Å². The minimum atomic E-state index is -0.141. The van der Waals surface area contributed by atoms with Gasteiger partial charge in [-0.1, -0.05) is 202 Å². The number of rotatable bonds is 10. The molecule has 11 rings (SSSR count). The topological polar surface area (TPSA) is 8.17 Å². The summed E-state index contributed by atoms with van der Waals surface area (Å²) in [6, 6.07) is 79.7. The van der Waals surface area contributed by atoms with Gasteiger partial charge in [0.25, 0.3) is 0 Å². The van der Waals surface area contributed by atoms with Gasteiger partial charge in [0, 0.05) is 39.8 Å². The second-order valence-corrected chi connectivity index (χ2v) is 17.6. The highest BCUT2D eigenvalue weighted by molar-refractivity contribution is 6.13. The Balaban J connectivity index is 0.930. The van der Waals surface area contributed by atoms with Crippen LogP contribution in [0.5, 0.6) is 0 Å². The van der Waals surface area contributed by atoms with Crippen LogP contribution in [-0.4, -0.2) is 11.1 Å². The predicted molar refractivity (Wildman–Crippen MR) is 277 cm³/mol. The summed E-state index contributed by atoms with van der Waals surface area (Å²) in [5, 5.41) is 2.58. The Bertz CT molecular complexity index is 3400. The summed E-state index contributed by atoms with van der Waals surface area (Å²) < 4.78 is 2.51. The minimum Gasteiger partial charge on any atom is -0.338 e. The van der Waals surface area contributed by atoms with E-state index in [1.54, 1.807) is 0 Å². The predicted octanol–water partition coefficient (Wildman–Crippen LogP) is 16.9. The van der Waals surface area contributed by atoms with E-state index in [1.807, 2.05) is 0 Å². The van der Waals surface area contributed by atoms with E-state index in [9.17, 15) is 0 Å². The molecule has 1 heterocycles. The molecule has 0 unspecified atom stereocenters. The van der Waals surface area contributed by atoms with Crippen molar-refractivity contribution in [3.63, 3.8) is 0 Å². The molecule has 0 saturated heterocycles. The maximum absolute atomic E-state index is 2.51. The molecule has 0 spiro atoms. The molecule has 0 N–H and O–H groups in total. The van der Waals surface area contributed by atoms with Crippen LogP contribution in [0.2, 0.25) is 0 Å². The van der Waals surface area contributed by atoms with Crippen molar-refractivity contribution in [3.05, 3.63) is 253 Å². The zero-order chi connectivity index (χ0) is 43.9. The summed E-state index contributed by atoms with van der Waals surface area (Å²) in [5.41, 5.74) is 20.9. The Morgan fingerprint density at radius 3 is 1.78 bits per heavy atom. The van der Waals surface area contributed by atoms with Crippen LogP contribution in [0.15, 0.2) is 237 Å². The minimum absolute atomic E-state index is 0.141. The van der Waals surface area contributed by atoms with Gasteiger partial charge in [-0.15, -0.1) is 0 Å². The molecule has 0 bridgehead atoms. The van der Waals surface area contributed by atoms with Crippen LogP contribution in [0, 0.1) is 0 Å². The van der Waals surface area contributed by atoms with Crippen molar-refractivity contribution in [1.29, 1.82) is 0 Å². The van der Waals surface area contributed by atoms with Crippen molar-refractivity contribution < 1.29 is 0 Å². The number of anilines is 2. The fourth-order valence-electron chi connectivity index (χ4n) is 10.2. The molecule has 312 valence electrons. The monoisotopic (exact) mass is 834 g/mol. The molecule has 2 nitrogen and oxygen atoms in total. The van der Waals surface area contributed by atoms with Crippen LogP contribution in [0.4, 0.5) is 11.4 Å². The lowest BCUT2D eigenvalue weighted by Gasteiger charge is -2.24. The first kappa shape index (κ1) is 39.9. The third-order valence-electron chi connectivity index (χ3n) is 13.5. The van der Waals surface area contributed by atoms with Gasteiger partial charge in [0.1, 0.15) is 0 Å². The molecule has 10 aromatic rings. The Hall–Kier alpha value is -7.94. The van der Waals surface area contributed by atoms with Crippen molar-refractivity contribution in [1.82, 2.24) is 4.57 Å². The van der Waals surface area contributed by atoms with Crippen molar-refractivity contribution in [3.8, 4) is 50.2 Å². The van der Waals surface area contributed by atoms with E-state index in [4.69, 9.17) is 0 Å². The summed E-state index contributed by atoms with van der Waals surface area (Å²) >= 11 is 0. The van der Waals surface area contributed by atoms with E-state index in [-0.39, 0.29) is 5.41 Å². The van der Waals surface area contributed by atoms with Gasteiger partial charge in [0.2, 0.25) is 0 Å². The number of hydrogen-bond donors (Lipinski definition) is 0. The lowest BCUT2D eigenvalue weighted by Crippen LogP contribution is -2.16. The molecule has 1 aliphatic rings. The van der Waals surface area contributed by atoms with Crippen LogP contribution >= 0.6 is 0 Å². The van der Waals surface area contributed by atoms with E-state index in [2.05, 4.69) is 267 Å². The standard InChI is InChI=1S/C63H50N2/c1-4-44(45-18-7-5-8-19-45)25-17-41-64(52-35-31-47(32-36-52)46-20-9-6-10-21-46)53-37-33-48(34-38-53)49-22-15-23-50(42-49)51-24-16-26-54(43-51)65-60-30-14-12-28-56(60)58-40-39-57-55-27-11-13-29-59(55)63(2,3)61(57)62(58)65/h4-40,42-43H,41H2,1-3H3/b25-17-,44-4+. The number of fused-ring (bicyclic) bond motifs is 7. The lowest BCUT2D eigenvalue weighted by atomic mass is 9.81. The third-order valence-corrected chi connectivity index (χ3v) is 13.5. The quantitative estimate of drug-likeness (QED) is 0.125. The molecule has 2 heteroatoms. The Morgan fingerprint density at radius 2 is 1.06 bits per heavy atom. The first-order valence-electron chi connectivity index (χ1n) is 22.8. The van der Waals surface area contributed by atoms with E-state index in [0.717, 1.165) is 17.9 Å². The van der Waals surface area contributed by atoms with Gasteiger partial charge >= 0.3 is 0 Å². The first-order valence-corrected chi connectivity index (χ1v) is 22.8. The van der Waals surface area contributed by atoms with Crippen LogP contribution in [0.1, 0.15) is 37.5 Å². The van der Waals surface area contributed by atoms with Gasteiger partial charge in [0.15, 0.2) is 0 Å². The highest BCUT2D eigenvalue weighted by Crippen LogP contribution is 2.53. The molecular weight excluding hydrogens is 785 g/mol. The Labute approximate surface area is 382 Å². The van der Waals surface area contributed by atoms with Crippen molar-refractivity contribution in [2.45, 2.75) is 26.2 Å². The summed E-state index contributed by atoms with van der Waals surface area (Å²) in [7, 11) is 0. The molecule has 0 aliphatic heterocycles. The molecule has 9 aromatic carbocycles. The molecule has 0 saturated carbocycles. The van der Waals surface area contributed by atoms with Gasteiger partial charge in [-0.3, -0.25) is 0 Å². The summed E-state index contributed by atoms with van der Waals surface area (Å²) in [4.78, 5) is 2.39. The molecule has 0 amide bonds. The largest absolute Gasteiger partial charge is 0.338 e. The van der Waals surface area contributed by atoms with E-state index in [0.29, 0.717) is 0 Å². The average molecular weight is 835 g/mol. The molecule has 0 atom stereocenters. The molecular formula is C63H50N2. The van der Waals surface area contributed by atoms with Crippen LogP contribution in [-0.2, 0) is 5.41 Å². The van der Waals surface area contributed by atoms with Crippen LogP contribution in [0.25, 0.3) is 77.6 Å². The Morgan fingerprint density at radius 1 is 0.492 bits per heavy atom. The van der Waals surface area contributed by atoms with Crippen LogP contribution in [0.3, 0.4) is 0 Å². The van der Waals surface area contributed by atoms with Gasteiger partial charge in [-0.05, 0) is 122 Å². The molecule has 0 radical (unpaired) electrons. The van der Waals surface area contributed by atoms with Crippen molar-refractivity contribution >= 4 is 38.8 Å². The van der Waals surface area contributed by atoms with E-state index < -0.39 is 0 Å². The molecule has 65 heavy (non-hydrogen) atoms. The maximum atomic E-state index is 2.51. The number of para-hydroxylation sites is 1. The number of hydrogen-bond acceptors (Lipinski definition) is 1. The average Bonchev–Trinajstić information content (AvgIpc) is 3.83.